The molecule has 0 aliphatic carbocycles. The summed E-state index contributed by atoms with van der Waals surface area (Å²) >= 11 is 1.66. The van der Waals surface area contributed by atoms with E-state index in [-0.39, 0.29) is 17.1 Å². The van der Waals surface area contributed by atoms with Gasteiger partial charge in [-0.2, -0.15) is 0 Å². The van der Waals surface area contributed by atoms with Gasteiger partial charge in [-0.3, -0.25) is 4.79 Å². The van der Waals surface area contributed by atoms with E-state index in [0.717, 1.165) is 51.9 Å². The smallest absolute Gasteiger partial charge is 0.170 e. The number of Topliss-reactive ketones (excluding diaryl/α,β-unsaturated/α-hetero) is 1. The van der Waals surface area contributed by atoms with Crippen molar-refractivity contribution in [2.24, 2.45) is 5.92 Å². The summed E-state index contributed by atoms with van der Waals surface area (Å²) in [4.78, 5) is 19.0. The summed E-state index contributed by atoms with van der Waals surface area (Å²) in [5.41, 5.74) is 3.56. The van der Waals surface area contributed by atoms with Gasteiger partial charge in [-0.25, -0.2) is 4.98 Å². The average molecular weight is 378 g/mol. The van der Waals surface area contributed by atoms with Crippen LogP contribution in [0.15, 0.2) is 59.5 Å². The number of para-hydroxylation sites is 1. The Bertz CT molecular complexity index is 985. The van der Waals surface area contributed by atoms with E-state index in [9.17, 15) is 4.79 Å². The zero-order valence-corrected chi connectivity index (χ0v) is 16.5. The lowest BCUT2D eigenvalue weighted by Crippen LogP contribution is -2.31. The second-order valence-corrected chi connectivity index (χ2v) is 8.08. The Morgan fingerprint density at radius 3 is 2.78 bits per heavy atom. The summed E-state index contributed by atoms with van der Waals surface area (Å²) in [5, 5.41) is 1.12. The summed E-state index contributed by atoms with van der Waals surface area (Å²) in [6, 6.07) is 18.3. The average Bonchev–Trinajstić information content (AvgIpc) is 2.72. The molecule has 1 aromatic heterocycles. The van der Waals surface area contributed by atoms with E-state index < -0.39 is 0 Å². The lowest BCUT2D eigenvalue weighted by atomic mass is 9.91. The molecule has 0 saturated heterocycles. The summed E-state index contributed by atoms with van der Waals surface area (Å²) in [6.07, 6.45) is 3.00. The molecule has 0 amide bonds. The number of rotatable bonds is 5. The van der Waals surface area contributed by atoms with Crippen molar-refractivity contribution in [2.45, 2.75) is 36.5 Å². The van der Waals surface area contributed by atoms with Crippen molar-refractivity contribution < 1.29 is 9.53 Å². The monoisotopic (exact) mass is 377 g/mol. The number of benzene rings is 2. The maximum absolute atomic E-state index is 13.2. The first-order valence-corrected chi connectivity index (χ1v) is 10.3. The van der Waals surface area contributed by atoms with Crippen LogP contribution in [0, 0.1) is 5.92 Å². The van der Waals surface area contributed by atoms with Gasteiger partial charge in [0.2, 0.25) is 0 Å². The Morgan fingerprint density at radius 1 is 1.11 bits per heavy atom. The number of methoxy groups -OCH3 is 1. The van der Waals surface area contributed by atoms with Gasteiger partial charge in [0, 0.05) is 28.5 Å². The molecular formula is C23H23NO2S. The minimum Gasteiger partial charge on any atom is -0.370 e. The molecule has 2 aromatic carbocycles. The zero-order chi connectivity index (χ0) is 18.8. The molecule has 27 heavy (non-hydrogen) atoms. The van der Waals surface area contributed by atoms with Gasteiger partial charge in [-0.05, 0) is 30.7 Å². The number of carbonyl (C=O) groups is 1. The first-order chi connectivity index (χ1) is 13.2. The van der Waals surface area contributed by atoms with Crippen molar-refractivity contribution >= 4 is 28.4 Å². The van der Waals surface area contributed by atoms with Crippen molar-refractivity contribution in [2.75, 3.05) is 7.11 Å². The largest absolute Gasteiger partial charge is 0.370 e. The molecule has 1 aliphatic heterocycles. The predicted molar refractivity (Wildman–Crippen MR) is 111 cm³/mol. The van der Waals surface area contributed by atoms with E-state index in [2.05, 4.69) is 25.1 Å². The molecule has 0 fully saturated rings. The van der Waals surface area contributed by atoms with Crippen LogP contribution in [0.3, 0.4) is 0 Å². The van der Waals surface area contributed by atoms with Gasteiger partial charge in [0.1, 0.15) is 5.44 Å². The van der Waals surface area contributed by atoms with Gasteiger partial charge >= 0.3 is 0 Å². The summed E-state index contributed by atoms with van der Waals surface area (Å²) in [5.74, 6) is 0.124. The van der Waals surface area contributed by atoms with Crippen LogP contribution in [0.1, 0.15) is 36.5 Å². The first kappa shape index (κ1) is 18.2. The number of unbranched alkanes of at least 4 members (excludes halogenated alkanes) is 1. The zero-order valence-electron chi connectivity index (χ0n) is 15.6. The number of hydrogen-bond acceptors (Lipinski definition) is 4. The van der Waals surface area contributed by atoms with Crippen LogP contribution in [0.5, 0.6) is 0 Å². The summed E-state index contributed by atoms with van der Waals surface area (Å²) < 4.78 is 5.62. The van der Waals surface area contributed by atoms with Crippen molar-refractivity contribution in [3.63, 3.8) is 0 Å². The van der Waals surface area contributed by atoms with Crippen molar-refractivity contribution in [3.05, 3.63) is 60.2 Å². The topological polar surface area (TPSA) is 39.2 Å². The van der Waals surface area contributed by atoms with E-state index in [1.54, 1.807) is 18.9 Å². The van der Waals surface area contributed by atoms with Gasteiger partial charge in [-0.1, -0.05) is 61.9 Å². The molecule has 4 rings (SSSR count). The number of ketones is 1. The second-order valence-electron chi connectivity index (χ2n) is 6.94. The van der Waals surface area contributed by atoms with Crippen LogP contribution in [-0.4, -0.2) is 23.3 Å². The summed E-state index contributed by atoms with van der Waals surface area (Å²) in [7, 11) is 1.70. The number of fused-ring (bicyclic) bond motifs is 2. The van der Waals surface area contributed by atoms with E-state index in [0.29, 0.717) is 0 Å². The van der Waals surface area contributed by atoms with Crippen LogP contribution in [0.2, 0.25) is 0 Å². The summed E-state index contributed by atoms with van der Waals surface area (Å²) in [6.45, 7) is 2.15. The third-order valence-corrected chi connectivity index (χ3v) is 6.51. The molecule has 0 saturated carbocycles. The van der Waals surface area contributed by atoms with Crippen LogP contribution in [-0.2, 0) is 4.74 Å². The van der Waals surface area contributed by atoms with Gasteiger partial charge in [0.05, 0.1) is 17.1 Å². The van der Waals surface area contributed by atoms with Gasteiger partial charge in [-0.15, -0.1) is 0 Å². The fraction of sp³-hybridized carbons (Fsp3) is 0.304. The highest BCUT2D eigenvalue weighted by atomic mass is 32.2. The SMILES string of the molecule is CCCCC1C(=O)c2cc(-c3ccc4ccccc4n3)ccc2SC1OC. The molecule has 0 N–H and O–H groups in total. The van der Waals surface area contributed by atoms with Crippen molar-refractivity contribution in [3.8, 4) is 11.3 Å². The third kappa shape index (κ3) is 3.52. The first-order valence-electron chi connectivity index (χ1n) is 9.45. The van der Waals surface area contributed by atoms with Crippen LogP contribution < -0.4 is 0 Å². The van der Waals surface area contributed by atoms with Crippen LogP contribution >= 0.6 is 11.8 Å². The molecule has 0 spiro atoms. The fourth-order valence-electron chi connectivity index (χ4n) is 3.65. The highest BCUT2D eigenvalue weighted by Crippen LogP contribution is 2.42. The number of hydrogen-bond donors (Lipinski definition) is 0. The maximum Gasteiger partial charge on any atom is 0.170 e. The maximum atomic E-state index is 13.2. The molecule has 138 valence electrons. The minimum atomic E-state index is -0.0961. The highest BCUT2D eigenvalue weighted by molar-refractivity contribution is 8.00. The Kier molecular flexibility index (Phi) is 5.28. The van der Waals surface area contributed by atoms with Crippen LogP contribution in [0.25, 0.3) is 22.2 Å². The number of thioether (sulfide) groups is 1. The predicted octanol–water partition coefficient (Wildman–Crippen LogP) is 5.97. The van der Waals surface area contributed by atoms with E-state index in [1.807, 2.05) is 36.4 Å². The lowest BCUT2D eigenvalue weighted by molar-refractivity contribution is 0.0707. The number of pyridine rings is 1. The number of ether oxygens (including phenoxy) is 1. The molecule has 0 bridgehead atoms. The highest BCUT2D eigenvalue weighted by Gasteiger charge is 2.36. The fourth-order valence-corrected chi connectivity index (χ4v) is 4.85. The van der Waals surface area contributed by atoms with E-state index in [1.165, 1.54) is 0 Å². The standard InChI is InChI=1S/C23H23NO2S/c1-3-4-8-17-22(25)18-14-16(11-13-21(18)27-23(17)26-2)20-12-10-15-7-5-6-9-19(15)24-20/h5-7,9-14,17,23H,3-4,8H2,1-2H3. The third-order valence-electron chi connectivity index (χ3n) is 5.15. The lowest BCUT2D eigenvalue weighted by Gasteiger charge is -2.30. The molecule has 2 atom stereocenters. The molecular weight excluding hydrogens is 354 g/mol. The van der Waals surface area contributed by atoms with Crippen molar-refractivity contribution in [1.82, 2.24) is 4.98 Å². The molecule has 0 radical (unpaired) electrons. The van der Waals surface area contributed by atoms with Gasteiger partial charge in [0.25, 0.3) is 0 Å². The molecule has 3 aromatic rings. The molecule has 2 heterocycles. The van der Waals surface area contributed by atoms with Gasteiger partial charge in [0.15, 0.2) is 5.78 Å². The molecule has 1 aliphatic rings. The van der Waals surface area contributed by atoms with Crippen molar-refractivity contribution in [1.29, 1.82) is 0 Å². The van der Waals surface area contributed by atoms with E-state index >= 15 is 0 Å². The Morgan fingerprint density at radius 2 is 1.96 bits per heavy atom. The molecule has 3 nitrogen and oxygen atoms in total. The number of aromatic nitrogens is 1. The second kappa shape index (κ2) is 7.83. The van der Waals surface area contributed by atoms with Crippen LogP contribution in [0.4, 0.5) is 0 Å². The molecule has 2 unspecified atom stereocenters. The van der Waals surface area contributed by atoms with Gasteiger partial charge < -0.3 is 4.74 Å². The minimum absolute atomic E-state index is 0.0766. The number of nitrogens with zero attached hydrogens (tertiary/aromatic N) is 1. The quantitative estimate of drug-likeness (QED) is 0.549. The Balaban J connectivity index is 1.72. The molecule has 4 heteroatoms. The Hall–Kier alpha value is -2.17. The van der Waals surface area contributed by atoms with E-state index in [4.69, 9.17) is 9.72 Å². The number of carbonyl (C=O) groups excluding carboxylic acids is 1. The Labute approximate surface area is 164 Å². The normalized spacial score (nSPS) is 19.3.